The number of piperidine rings is 2. The second-order valence-electron chi connectivity index (χ2n) is 12.9. The van der Waals surface area contributed by atoms with Crippen molar-refractivity contribution in [1.29, 1.82) is 0 Å². The predicted molar refractivity (Wildman–Crippen MR) is 177 cm³/mol. The van der Waals surface area contributed by atoms with Crippen molar-refractivity contribution in [2.75, 3.05) is 80.3 Å². The summed E-state index contributed by atoms with van der Waals surface area (Å²) in [7, 11) is 2.19. The van der Waals surface area contributed by atoms with Crippen molar-refractivity contribution in [3.8, 4) is 16.9 Å². The lowest BCUT2D eigenvalue weighted by atomic mass is 9.84. The van der Waals surface area contributed by atoms with Crippen LogP contribution < -0.4 is 20.9 Å². The fourth-order valence-electron chi connectivity index (χ4n) is 7.66. The number of likely N-dealkylation sites (N-methyl/N-ethyl adjacent to an activating group) is 1. The molecule has 5 aliphatic heterocycles. The van der Waals surface area contributed by atoms with Crippen LogP contribution in [0.15, 0.2) is 54.6 Å². The molecule has 0 radical (unpaired) electrons. The lowest BCUT2D eigenvalue weighted by molar-refractivity contribution is 0.0981. The molecular formula is C34H41FN10. The Labute approximate surface area is 263 Å². The van der Waals surface area contributed by atoms with Crippen molar-refractivity contribution in [3.05, 3.63) is 66.1 Å². The van der Waals surface area contributed by atoms with Gasteiger partial charge in [-0.1, -0.05) is 30.3 Å². The summed E-state index contributed by atoms with van der Waals surface area (Å²) in [5, 5.41) is 7.84. The molecule has 10 nitrogen and oxygen atoms in total. The Balaban J connectivity index is 1.00. The van der Waals surface area contributed by atoms with E-state index in [0.717, 1.165) is 94.9 Å². The van der Waals surface area contributed by atoms with Gasteiger partial charge in [-0.2, -0.15) is 9.67 Å². The monoisotopic (exact) mass is 608 g/mol. The highest BCUT2D eigenvalue weighted by molar-refractivity contribution is 5.83. The first-order chi connectivity index (χ1) is 22.0. The number of anilines is 5. The molecule has 0 atom stereocenters. The van der Waals surface area contributed by atoms with Crippen molar-refractivity contribution in [3.63, 3.8) is 0 Å². The number of benzene rings is 2. The molecule has 11 heteroatoms. The lowest BCUT2D eigenvalue weighted by Gasteiger charge is -2.42. The van der Waals surface area contributed by atoms with E-state index in [-0.39, 0.29) is 11.8 Å². The van der Waals surface area contributed by atoms with Gasteiger partial charge in [0.1, 0.15) is 5.82 Å². The van der Waals surface area contributed by atoms with Gasteiger partial charge in [0.05, 0.1) is 17.1 Å². The van der Waals surface area contributed by atoms with E-state index in [1.807, 2.05) is 18.2 Å². The Bertz CT molecular complexity index is 1670. The van der Waals surface area contributed by atoms with Gasteiger partial charge in [-0.05, 0) is 62.6 Å². The standard InChI is InChI=1S/C34H41FN10/c1-41-17-19-42(20-18-41)26-11-15-43(16-12-26)29-8-7-25(21-28(29)35)37-34-39-33(36)45(40-34)30-22-27(23-5-3-2-4-6-23)32-31(38-30)24-9-13-44(32)14-10-24/h2-8,21-22,24,26H,9-20H2,1H3,(H3,36,37,39,40). The summed E-state index contributed by atoms with van der Waals surface area (Å²) in [6.07, 6.45) is 4.33. The number of halogens is 1. The minimum Gasteiger partial charge on any atom is -0.370 e. The Morgan fingerprint density at radius 3 is 2.29 bits per heavy atom. The van der Waals surface area contributed by atoms with Crippen molar-refractivity contribution in [1.82, 2.24) is 29.5 Å². The van der Waals surface area contributed by atoms with Gasteiger partial charge in [0.15, 0.2) is 5.82 Å². The van der Waals surface area contributed by atoms with Gasteiger partial charge in [0, 0.05) is 75.6 Å². The van der Waals surface area contributed by atoms with Crippen LogP contribution in [-0.2, 0) is 0 Å². The van der Waals surface area contributed by atoms with Crippen LogP contribution in [0.1, 0.15) is 37.3 Å². The highest BCUT2D eigenvalue weighted by Crippen LogP contribution is 2.46. The zero-order valence-corrected chi connectivity index (χ0v) is 25.9. The number of pyridine rings is 1. The van der Waals surface area contributed by atoms with Crippen LogP contribution in [0.2, 0.25) is 0 Å². The number of nitrogen functional groups attached to an aromatic ring is 1. The number of hydrogen-bond acceptors (Lipinski definition) is 9. The first-order valence-electron chi connectivity index (χ1n) is 16.3. The maximum Gasteiger partial charge on any atom is 0.248 e. The lowest BCUT2D eigenvalue weighted by Crippen LogP contribution is -2.52. The molecule has 0 spiro atoms. The van der Waals surface area contributed by atoms with Gasteiger partial charge in [0.25, 0.3) is 0 Å². The van der Waals surface area contributed by atoms with Gasteiger partial charge in [-0.25, -0.2) is 9.37 Å². The van der Waals surface area contributed by atoms with Crippen LogP contribution in [0.3, 0.4) is 0 Å². The smallest absolute Gasteiger partial charge is 0.248 e. The quantitative estimate of drug-likeness (QED) is 0.323. The Morgan fingerprint density at radius 1 is 0.822 bits per heavy atom. The average Bonchev–Trinajstić information content (AvgIpc) is 3.45. The molecule has 4 aromatic rings. The van der Waals surface area contributed by atoms with Gasteiger partial charge in [-0.15, -0.1) is 5.10 Å². The van der Waals surface area contributed by atoms with E-state index in [0.29, 0.717) is 35.1 Å². The summed E-state index contributed by atoms with van der Waals surface area (Å²) in [5.74, 6) is 1.35. The maximum absolute atomic E-state index is 15.4. The summed E-state index contributed by atoms with van der Waals surface area (Å²) in [6, 6.07) is 18.3. The SMILES string of the molecule is CN1CCN(C2CCN(c3ccc(Nc4nc(N)n(-c5cc(-c6ccccc6)c6c(n5)C5CCN6CC5)n4)cc3F)CC2)CC1. The molecule has 5 aliphatic rings. The highest BCUT2D eigenvalue weighted by Gasteiger charge is 2.35. The minimum absolute atomic E-state index is 0.227. The number of piperazine rings is 1. The first-order valence-corrected chi connectivity index (χ1v) is 16.3. The predicted octanol–water partition coefficient (Wildman–Crippen LogP) is 4.71. The number of rotatable bonds is 6. The second kappa shape index (κ2) is 11.6. The zero-order valence-electron chi connectivity index (χ0n) is 25.9. The molecule has 2 bridgehead atoms. The summed E-state index contributed by atoms with van der Waals surface area (Å²) in [5.41, 5.74) is 12.2. The van der Waals surface area contributed by atoms with E-state index >= 15 is 4.39 Å². The molecule has 0 saturated carbocycles. The Hall–Kier alpha value is -4.22. The number of nitrogens with one attached hydrogen (secondary N) is 1. The van der Waals surface area contributed by atoms with Gasteiger partial charge < -0.3 is 25.8 Å². The molecule has 234 valence electrons. The van der Waals surface area contributed by atoms with E-state index < -0.39 is 0 Å². The fourth-order valence-corrected chi connectivity index (χ4v) is 7.66. The zero-order chi connectivity index (χ0) is 30.5. The number of aromatic nitrogens is 4. The summed E-state index contributed by atoms with van der Waals surface area (Å²) >= 11 is 0. The van der Waals surface area contributed by atoms with Crippen LogP contribution >= 0.6 is 0 Å². The van der Waals surface area contributed by atoms with Crippen molar-refractivity contribution in [2.45, 2.75) is 37.6 Å². The van der Waals surface area contributed by atoms with Crippen molar-refractivity contribution < 1.29 is 4.39 Å². The summed E-state index contributed by atoms with van der Waals surface area (Å²) in [6.45, 7) is 8.34. The van der Waals surface area contributed by atoms with E-state index in [2.05, 4.69) is 72.4 Å². The molecule has 3 fully saturated rings. The van der Waals surface area contributed by atoms with E-state index in [1.54, 1.807) is 4.68 Å². The number of fused-ring (bicyclic) bond motifs is 2. The topological polar surface area (TPSA) is 94.6 Å². The summed E-state index contributed by atoms with van der Waals surface area (Å²) in [4.78, 5) is 19.2. The first kappa shape index (κ1) is 28.3. The molecular weight excluding hydrogens is 567 g/mol. The molecule has 0 amide bonds. The third-order valence-corrected chi connectivity index (χ3v) is 10.2. The molecule has 0 unspecified atom stereocenters. The Morgan fingerprint density at radius 2 is 1.56 bits per heavy atom. The highest BCUT2D eigenvalue weighted by atomic mass is 19.1. The molecule has 0 aliphatic carbocycles. The molecule has 3 saturated heterocycles. The van der Waals surface area contributed by atoms with Crippen LogP contribution in [0.4, 0.5) is 33.3 Å². The molecule has 9 rings (SSSR count). The van der Waals surface area contributed by atoms with Gasteiger partial charge >= 0.3 is 0 Å². The molecule has 7 heterocycles. The summed E-state index contributed by atoms with van der Waals surface area (Å²) < 4.78 is 17.0. The number of hydrogen-bond donors (Lipinski definition) is 2. The molecule has 3 N–H and O–H groups in total. The van der Waals surface area contributed by atoms with Crippen LogP contribution in [0, 0.1) is 5.82 Å². The number of nitrogens with two attached hydrogens (primary N) is 1. The molecule has 2 aromatic carbocycles. The van der Waals surface area contributed by atoms with E-state index in [1.165, 1.54) is 11.8 Å². The van der Waals surface area contributed by atoms with E-state index in [9.17, 15) is 0 Å². The number of nitrogens with zero attached hydrogens (tertiary/aromatic N) is 8. The van der Waals surface area contributed by atoms with Crippen molar-refractivity contribution >= 4 is 29.0 Å². The van der Waals surface area contributed by atoms with Crippen LogP contribution in [0.25, 0.3) is 16.9 Å². The molecule has 2 aromatic heterocycles. The fraction of sp³-hybridized carbons (Fsp3) is 0.441. The van der Waals surface area contributed by atoms with Gasteiger partial charge in [-0.3, -0.25) is 4.90 Å². The third-order valence-electron chi connectivity index (χ3n) is 10.2. The normalized spacial score (nSPS) is 19.7. The largest absolute Gasteiger partial charge is 0.370 e. The average molecular weight is 609 g/mol. The van der Waals surface area contributed by atoms with Crippen LogP contribution in [-0.4, -0.2) is 95.0 Å². The van der Waals surface area contributed by atoms with Crippen molar-refractivity contribution in [2.24, 2.45) is 0 Å². The van der Waals surface area contributed by atoms with Gasteiger partial charge in [0.2, 0.25) is 11.9 Å². The van der Waals surface area contributed by atoms with E-state index in [4.69, 9.17) is 10.7 Å². The third kappa shape index (κ3) is 5.37. The Kier molecular flexibility index (Phi) is 7.29. The maximum atomic E-state index is 15.4. The minimum atomic E-state index is -0.251. The van der Waals surface area contributed by atoms with Crippen LogP contribution in [0.5, 0.6) is 0 Å². The second-order valence-corrected chi connectivity index (χ2v) is 12.9. The molecule has 45 heavy (non-hydrogen) atoms.